The molecule has 1 aliphatic rings. The molecule has 1 fully saturated rings. The van der Waals surface area contributed by atoms with Gasteiger partial charge in [0, 0.05) is 37.3 Å². The molecule has 1 amide bonds. The van der Waals surface area contributed by atoms with Crippen LogP contribution in [0.5, 0.6) is 0 Å². The zero-order valence-electron chi connectivity index (χ0n) is 17.2. The molecule has 0 radical (unpaired) electrons. The second-order valence-corrected chi connectivity index (χ2v) is 9.18. The molecule has 4 rings (SSSR count). The van der Waals surface area contributed by atoms with Crippen molar-refractivity contribution in [3.63, 3.8) is 0 Å². The van der Waals surface area contributed by atoms with Crippen LogP contribution in [-0.2, 0) is 14.8 Å². The number of nitrogens with two attached hydrogens (primary N) is 1. The lowest BCUT2D eigenvalue weighted by Gasteiger charge is -2.38. The number of aromatic nitrogens is 1. The largest absolute Gasteiger partial charge is 0.354 e. The molecule has 31 heavy (non-hydrogen) atoms. The molecule has 9 heteroatoms. The van der Waals surface area contributed by atoms with Crippen LogP contribution >= 0.6 is 0 Å². The van der Waals surface area contributed by atoms with E-state index in [2.05, 4.69) is 21.2 Å². The Balaban J connectivity index is 1.35. The van der Waals surface area contributed by atoms with Gasteiger partial charge in [-0.1, -0.05) is 18.2 Å². The van der Waals surface area contributed by atoms with Crippen molar-refractivity contribution in [2.24, 2.45) is 5.14 Å². The number of hydrogen-bond acceptors (Lipinski definition) is 6. The van der Waals surface area contributed by atoms with Crippen molar-refractivity contribution >= 4 is 38.3 Å². The predicted octanol–water partition coefficient (Wildman–Crippen LogP) is 2.03. The summed E-state index contributed by atoms with van der Waals surface area (Å²) >= 11 is 0. The van der Waals surface area contributed by atoms with Gasteiger partial charge in [-0.15, -0.1) is 0 Å². The summed E-state index contributed by atoms with van der Waals surface area (Å²) in [7, 11) is -3.75. The first-order valence-electron chi connectivity index (χ1n) is 10.1. The van der Waals surface area contributed by atoms with Gasteiger partial charge in [-0.2, -0.15) is 0 Å². The van der Waals surface area contributed by atoms with Gasteiger partial charge in [-0.25, -0.2) is 18.5 Å². The fourth-order valence-corrected chi connectivity index (χ4v) is 4.23. The molecule has 8 nitrogen and oxygen atoms in total. The number of hydrogen-bond donors (Lipinski definition) is 2. The number of carbonyl (C=O) groups is 1. The molecule has 2 aromatic carbocycles. The zero-order chi connectivity index (χ0) is 22.0. The fraction of sp³-hybridized carbons (Fsp3) is 0.273. The molecule has 0 spiro atoms. The molecule has 0 saturated carbocycles. The minimum atomic E-state index is -3.75. The van der Waals surface area contributed by atoms with Crippen LogP contribution < -0.4 is 15.4 Å². The van der Waals surface area contributed by atoms with Crippen LogP contribution in [0.1, 0.15) is 6.92 Å². The van der Waals surface area contributed by atoms with E-state index in [0.717, 1.165) is 42.9 Å². The van der Waals surface area contributed by atoms with Crippen LogP contribution in [-0.4, -0.2) is 56.4 Å². The van der Waals surface area contributed by atoms with Crippen LogP contribution in [0.15, 0.2) is 65.6 Å². The summed E-state index contributed by atoms with van der Waals surface area (Å²) in [5.74, 6) is 0.811. The van der Waals surface area contributed by atoms with Gasteiger partial charge >= 0.3 is 0 Å². The first-order chi connectivity index (χ1) is 14.8. The van der Waals surface area contributed by atoms with E-state index < -0.39 is 10.0 Å². The standard InChI is InChI=1S/C22H25N5O3S/c1-16(22(28)24-18-7-9-19(10-8-18)31(23,29)30)26-12-14-27(15-13-26)21-11-6-17-4-2-3-5-20(17)25-21/h2-11,16H,12-15H2,1H3,(H,24,28)(H2,23,29,30)/t16-/m0/s1. The number of piperazine rings is 1. The highest BCUT2D eigenvalue weighted by atomic mass is 32.2. The Labute approximate surface area is 181 Å². The lowest BCUT2D eigenvalue weighted by molar-refractivity contribution is -0.120. The number of anilines is 2. The van der Waals surface area contributed by atoms with E-state index in [4.69, 9.17) is 10.1 Å². The molecule has 1 saturated heterocycles. The molecular weight excluding hydrogens is 414 g/mol. The van der Waals surface area contributed by atoms with Gasteiger partial charge in [0.2, 0.25) is 15.9 Å². The number of fused-ring (bicyclic) bond motifs is 1. The smallest absolute Gasteiger partial charge is 0.241 e. The average molecular weight is 440 g/mol. The van der Waals surface area contributed by atoms with E-state index >= 15 is 0 Å². The van der Waals surface area contributed by atoms with Crippen LogP contribution in [0.25, 0.3) is 10.9 Å². The number of primary sulfonamides is 1. The molecular formula is C22H25N5O3S. The number of para-hydroxylation sites is 1. The number of amides is 1. The minimum absolute atomic E-state index is 0.0111. The molecule has 0 unspecified atom stereocenters. The summed E-state index contributed by atoms with van der Waals surface area (Å²) in [6.07, 6.45) is 0. The topological polar surface area (TPSA) is 109 Å². The summed E-state index contributed by atoms with van der Waals surface area (Å²) in [6, 6.07) is 17.7. The molecule has 3 N–H and O–H groups in total. The van der Waals surface area contributed by atoms with Gasteiger partial charge in [0.05, 0.1) is 16.5 Å². The molecule has 1 atom stereocenters. The molecule has 1 aliphatic heterocycles. The van der Waals surface area contributed by atoms with Crippen molar-refractivity contribution in [1.82, 2.24) is 9.88 Å². The van der Waals surface area contributed by atoms with Gasteiger partial charge in [0.1, 0.15) is 5.82 Å². The molecule has 0 bridgehead atoms. The molecule has 2 heterocycles. The van der Waals surface area contributed by atoms with E-state index in [9.17, 15) is 13.2 Å². The highest BCUT2D eigenvalue weighted by Crippen LogP contribution is 2.20. The van der Waals surface area contributed by atoms with Crippen LogP contribution in [0.4, 0.5) is 11.5 Å². The Morgan fingerprint density at radius 3 is 2.35 bits per heavy atom. The van der Waals surface area contributed by atoms with Crippen LogP contribution in [0.3, 0.4) is 0 Å². The van der Waals surface area contributed by atoms with Crippen molar-refractivity contribution in [1.29, 1.82) is 0 Å². The summed E-state index contributed by atoms with van der Waals surface area (Å²) in [5, 5.41) is 9.06. The van der Waals surface area contributed by atoms with E-state index in [1.54, 1.807) is 0 Å². The number of sulfonamides is 1. The van der Waals surface area contributed by atoms with E-state index in [0.29, 0.717) is 5.69 Å². The maximum Gasteiger partial charge on any atom is 0.241 e. The lowest BCUT2D eigenvalue weighted by atomic mass is 10.2. The number of nitrogens with one attached hydrogen (secondary N) is 1. The fourth-order valence-electron chi connectivity index (χ4n) is 3.71. The van der Waals surface area contributed by atoms with Crippen molar-refractivity contribution in [3.8, 4) is 0 Å². The highest BCUT2D eigenvalue weighted by Gasteiger charge is 2.26. The number of pyridine rings is 1. The summed E-state index contributed by atoms with van der Waals surface area (Å²) < 4.78 is 22.7. The quantitative estimate of drug-likeness (QED) is 0.630. The normalized spacial score (nSPS) is 16.3. The van der Waals surface area contributed by atoms with Crippen molar-refractivity contribution in [2.45, 2.75) is 17.9 Å². The van der Waals surface area contributed by atoms with Crippen molar-refractivity contribution in [2.75, 3.05) is 36.4 Å². The summed E-state index contributed by atoms with van der Waals surface area (Å²) in [5.41, 5.74) is 1.51. The van der Waals surface area contributed by atoms with Gasteiger partial charge in [-0.05, 0) is 49.4 Å². The minimum Gasteiger partial charge on any atom is -0.354 e. The third-order valence-corrected chi connectivity index (χ3v) is 6.53. The predicted molar refractivity (Wildman–Crippen MR) is 121 cm³/mol. The highest BCUT2D eigenvalue weighted by molar-refractivity contribution is 7.89. The number of rotatable bonds is 5. The SMILES string of the molecule is C[C@@H](C(=O)Nc1ccc(S(N)(=O)=O)cc1)N1CCN(c2ccc3ccccc3n2)CC1. The maximum absolute atomic E-state index is 12.7. The Bertz CT molecular complexity index is 1190. The Kier molecular flexibility index (Phi) is 5.90. The first-order valence-corrected chi connectivity index (χ1v) is 11.6. The second kappa shape index (κ2) is 8.62. The molecule has 3 aromatic rings. The Morgan fingerprint density at radius 1 is 1.00 bits per heavy atom. The number of carbonyl (C=O) groups excluding carboxylic acids is 1. The number of nitrogens with zero attached hydrogens (tertiary/aromatic N) is 3. The van der Waals surface area contributed by atoms with Gasteiger partial charge in [-0.3, -0.25) is 9.69 Å². The summed E-state index contributed by atoms with van der Waals surface area (Å²) in [6.45, 7) is 4.93. The van der Waals surface area contributed by atoms with Crippen LogP contribution in [0, 0.1) is 0 Å². The third kappa shape index (κ3) is 4.84. The van der Waals surface area contributed by atoms with E-state index in [1.165, 1.54) is 24.3 Å². The van der Waals surface area contributed by atoms with Crippen LogP contribution in [0.2, 0.25) is 0 Å². The number of benzene rings is 2. The van der Waals surface area contributed by atoms with Crippen molar-refractivity contribution < 1.29 is 13.2 Å². The second-order valence-electron chi connectivity index (χ2n) is 7.62. The zero-order valence-corrected chi connectivity index (χ0v) is 18.0. The first kappa shape index (κ1) is 21.2. The Hall–Kier alpha value is -3.01. The lowest BCUT2D eigenvalue weighted by Crippen LogP contribution is -2.53. The van der Waals surface area contributed by atoms with Gasteiger partial charge in [0.15, 0.2) is 0 Å². The van der Waals surface area contributed by atoms with Crippen molar-refractivity contribution in [3.05, 3.63) is 60.7 Å². The maximum atomic E-state index is 12.7. The summed E-state index contributed by atoms with van der Waals surface area (Å²) in [4.78, 5) is 21.8. The molecule has 1 aromatic heterocycles. The average Bonchev–Trinajstić information content (AvgIpc) is 2.78. The van der Waals surface area contributed by atoms with Gasteiger partial charge in [0.25, 0.3) is 0 Å². The third-order valence-electron chi connectivity index (χ3n) is 5.60. The molecule has 0 aliphatic carbocycles. The van der Waals surface area contributed by atoms with Gasteiger partial charge < -0.3 is 10.2 Å². The monoisotopic (exact) mass is 439 g/mol. The van der Waals surface area contributed by atoms with E-state index in [-0.39, 0.29) is 16.8 Å². The Morgan fingerprint density at radius 2 is 1.68 bits per heavy atom. The molecule has 162 valence electrons. The van der Waals surface area contributed by atoms with E-state index in [1.807, 2.05) is 37.3 Å².